The van der Waals surface area contributed by atoms with E-state index in [-0.39, 0.29) is 17.7 Å². The van der Waals surface area contributed by atoms with Crippen molar-refractivity contribution >= 4 is 11.6 Å². The second-order valence-corrected chi connectivity index (χ2v) is 7.53. The van der Waals surface area contributed by atoms with Crippen LogP contribution in [0.2, 0.25) is 0 Å². The number of benzene rings is 1. The third-order valence-corrected chi connectivity index (χ3v) is 5.55. The first-order valence-corrected chi connectivity index (χ1v) is 10.2. The number of allylic oxidation sites excluding steroid dienone is 2. The molecule has 27 heavy (non-hydrogen) atoms. The highest BCUT2D eigenvalue weighted by molar-refractivity contribution is 6.07. The van der Waals surface area contributed by atoms with Gasteiger partial charge in [0, 0.05) is 18.0 Å². The molecule has 1 aromatic carbocycles. The highest BCUT2D eigenvalue weighted by Crippen LogP contribution is 2.38. The summed E-state index contributed by atoms with van der Waals surface area (Å²) in [5.74, 6) is 2.46. The Bertz CT molecular complexity index is 767. The zero-order valence-corrected chi connectivity index (χ0v) is 16.2. The number of hydrogen-bond acceptors (Lipinski definition) is 4. The van der Waals surface area contributed by atoms with E-state index in [1.165, 1.54) is 12.8 Å². The summed E-state index contributed by atoms with van der Waals surface area (Å²) in [6.07, 6.45) is 8.41. The van der Waals surface area contributed by atoms with E-state index in [1.54, 1.807) is 5.01 Å². The van der Waals surface area contributed by atoms with E-state index in [0.29, 0.717) is 19.1 Å². The molecule has 0 unspecified atom stereocenters. The van der Waals surface area contributed by atoms with E-state index in [2.05, 4.69) is 12.2 Å². The fourth-order valence-electron chi connectivity index (χ4n) is 3.99. The van der Waals surface area contributed by atoms with Crippen LogP contribution in [0.1, 0.15) is 45.1 Å². The molecule has 5 nitrogen and oxygen atoms in total. The quantitative estimate of drug-likeness (QED) is 0.683. The summed E-state index contributed by atoms with van der Waals surface area (Å²) in [6.45, 7) is 5.87. The minimum absolute atomic E-state index is 0.00311. The van der Waals surface area contributed by atoms with Gasteiger partial charge in [0.1, 0.15) is 0 Å². The van der Waals surface area contributed by atoms with Gasteiger partial charge in [-0.1, -0.05) is 12.2 Å². The summed E-state index contributed by atoms with van der Waals surface area (Å²) in [4.78, 5) is 12.9. The molecule has 2 atom stereocenters. The molecule has 5 heteroatoms. The first-order valence-electron chi connectivity index (χ1n) is 10.2. The average molecular weight is 368 g/mol. The lowest BCUT2D eigenvalue weighted by molar-refractivity contribution is -0.138. The number of nitrogens with zero attached hydrogens (tertiary/aromatic N) is 2. The van der Waals surface area contributed by atoms with Crippen LogP contribution in [-0.2, 0) is 4.79 Å². The van der Waals surface area contributed by atoms with Crippen molar-refractivity contribution in [3.8, 4) is 11.5 Å². The molecule has 0 N–H and O–H groups in total. The summed E-state index contributed by atoms with van der Waals surface area (Å²) < 4.78 is 11.5. The monoisotopic (exact) mass is 368 g/mol. The third kappa shape index (κ3) is 3.73. The molecule has 4 rings (SSSR count). The second-order valence-electron chi connectivity index (χ2n) is 7.53. The Balaban J connectivity index is 1.71. The van der Waals surface area contributed by atoms with Gasteiger partial charge in [0.05, 0.1) is 24.8 Å². The van der Waals surface area contributed by atoms with Crippen molar-refractivity contribution in [2.24, 2.45) is 22.9 Å². The van der Waals surface area contributed by atoms with E-state index >= 15 is 0 Å². The Kier molecular flexibility index (Phi) is 5.19. The maximum atomic E-state index is 12.9. The van der Waals surface area contributed by atoms with Crippen LogP contribution in [0.15, 0.2) is 35.5 Å². The molecule has 0 saturated heterocycles. The van der Waals surface area contributed by atoms with Crippen LogP contribution in [-0.4, -0.2) is 36.4 Å². The SMILES string of the molecule is CCOc1ccc(C2=NN(CC3CC3)C(=O)[C@H]3CC=CC[C@@H]23)cc1OCC. The number of fused-ring (bicyclic) bond motifs is 1. The zero-order chi connectivity index (χ0) is 18.8. The van der Waals surface area contributed by atoms with Crippen molar-refractivity contribution in [2.75, 3.05) is 19.8 Å². The molecule has 1 saturated carbocycles. The maximum absolute atomic E-state index is 12.9. The lowest BCUT2D eigenvalue weighted by Crippen LogP contribution is -2.46. The summed E-state index contributed by atoms with van der Waals surface area (Å²) in [5.41, 5.74) is 2.04. The van der Waals surface area contributed by atoms with Crippen LogP contribution in [0.4, 0.5) is 0 Å². The zero-order valence-electron chi connectivity index (χ0n) is 16.2. The average Bonchev–Trinajstić information content (AvgIpc) is 3.50. The smallest absolute Gasteiger partial charge is 0.246 e. The van der Waals surface area contributed by atoms with Gasteiger partial charge in [-0.15, -0.1) is 0 Å². The number of hydrazone groups is 1. The Morgan fingerprint density at radius 3 is 2.44 bits per heavy atom. The van der Waals surface area contributed by atoms with E-state index < -0.39 is 0 Å². The number of hydrogen-bond donors (Lipinski definition) is 0. The summed E-state index contributed by atoms with van der Waals surface area (Å²) >= 11 is 0. The number of carbonyl (C=O) groups excluding carboxylic acids is 1. The topological polar surface area (TPSA) is 51.1 Å². The van der Waals surface area contributed by atoms with Gasteiger partial charge >= 0.3 is 0 Å². The van der Waals surface area contributed by atoms with Crippen LogP contribution in [0.3, 0.4) is 0 Å². The van der Waals surface area contributed by atoms with Crippen LogP contribution < -0.4 is 9.47 Å². The number of carbonyl (C=O) groups is 1. The van der Waals surface area contributed by atoms with Gasteiger partial charge in [0.25, 0.3) is 0 Å². The molecule has 0 aromatic heterocycles. The van der Waals surface area contributed by atoms with Gasteiger partial charge in [-0.2, -0.15) is 5.10 Å². The van der Waals surface area contributed by atoms with Crippen LogP contribution in [0, 0.1) is 17.8 Å². The molecule has 3 aliphatic rings. The maximum Gasteiger partial charge on any atom is 0.246 e. The fourth-order valence-corrected chi connectivity index (χ4v) is 3.99. The summed E-state index contributed by atoms with van der Waals surface area (Å²) in [5, 5.41) is 6.58. The van der Waals surface area contributed by atoms with Crippen LogP contribution >= 0.6 is 0 Å². The Labute approximate surface area is 161 Å². The Morgan fingerprint density at radius 2 is 1.74 bits per heavy atom. The molecule has 144 valence electrons. The molecule has 1 aliphatic heterocycles. The van der Waals surface area contributed by atoms with Gasteiger partial charge in [-0.3, -0.25) is 4.79 Å². The van der Waals surface area contributed by atoms with Gasteiger partial charge in [-0.25, -0.2) is 5.01 Å². The van der Waals surface area contributed by atoms with E-state index in [9.17, 15) is 4.79 Å². The van der Waals surface area contributed by atoms with Gasteiger partial charge in [0.15, 0.2) is 11.5 Å². The molecule has 1 amide bonds. The molecule has 0 bridgehead atoms. The van der Waals surface area contributed by atoms with E-state index in [1.807, 2.05) is 32.0 Å². The molecule has 2 aliphatic carbocycles. The molecule has 1 aromatic rings. The molecule has 0 radical (unpaired) electrons. The summed E-state index contributed by atoms with van der Waals surface area (Å²) in [7, 11) is 0. The van der Waals surface area contributed by atoms with Crippen LogP contribution in [0.5, 0.6) is 11.5 Å². The molecular formula is C22H28N2O3. The highest BCUT2D eigenvalue weighted by Gasteiger charge is 2.41. The second kappa shape index (κ2) is 7.75. The number of ether oxygens (including phenoxy) is 2. The third-order valence-electron chi connectivity index (χ3n) is 5.55. The minimum Gasteiger partial charge on any atom is -0.490 e. The minimum atomic E-state index is 0.00311. The van der Waals surface area contributed by atoms with Crippen molar-refractivity contribution in [3.63, 3.8) is 0 Å². The Hall–Kier alpha value is -2.30. The molecule has 1 heterocycles. The fraction of sp³-hybridized carbons (Fsp3) is 0.545. The number of rotatable bonds is 7. The highest BCUT2D eigenvalue weighted by atomic mass is 16.5. The van der Waals surface area contributed by atoms with Crippen molar-refractivity contribution in [1.82, 2.24) is 5.01 Å². The molecular weight excluding hydrogens is 340 g/mol. The first-order chi connectivity index (χ1) is 13.2. The lowest BCUT2D eigenvalue weighted by atomic mass is 9.76. The van der Waals surface area contributed by atoms with Crippen molar-refractivity contribution in [2.45, 2.75) is 39.5 Å². The van der Waals surface area contributed by atoms with Crippen molar-refractivity contribution in [1.29, 1.82) is 0 Å². The lowest BCUT2D eigenvalue weighted by Gasteiger charge is -2.37. The molecule has 0 spiro atoms. The predicted molar refractivity (Wildman–Crippen MR) is 105 cm³/mol. The Morgan fingerprint density at radius 1 is 1.04 bits per heavy atom. The normalized spacial score (nSPS) is 24.4. The van der Waals surface area contributed by atoms with E-state index in [4.69, 9.17) is 14.6 Å². The molecule has 1 fully saturated rings. The van der Waals surface area contributed by atoms with Crippen molar-refractivity contribution in [3.05, 3.63) is 35.9 Å². The van der Waals surface area contributed by atoms with Crippen LogP contribution in [0.25, 0.3) is 0 Å². The number of amides is 1. The van der Waals surface area contributed by atoms with Crippen molar-refractivity contribution < 1.29 is 14.3 Å². The first kappa shape index (κ1) is 18.1. The van der Waals surface area contributed by atoms with Gasteiger partial charge in [-0.05, 0) is 63.6 Å². The van der Waals surface area contributed by atoms with E-state index in [0.717, 1.165) is 42.2 Å². The van der Waals surface area contributed by atoms with Gasteiger partial charge in [0.2, 0.25) is 5.91 Å². The predicted octanol–water partition coefficient (Wildman–Crippen LogP) is 4.02. The largest absolute Gasteiger partial charge is 0.490 e. The van der Waals surface area contributed by atoms with Gasteiger partial charge < -0.3 is 9.47 Å². The summed E-state index contributed by atoms with van der Waals surface area (Å²) in [6, 6.07) is 6.03. The standard InChI is InChI=1S/C22H28N2O3/c1-3-26-19-12-11-16(13-20(19)27-4-2)21-17-7-5-6-8-18(17)22(25)24(23-21)14-15-9-10-15/h5-6,11-13,15,17-18H,3-4,7-10,14H2,1-2H3/t17-,18+/m1/s1.